The zero-order valence-electron chi connectivity index (χ0n) is 16.2. The molecule has 0 atom stereocenters. The SMILES string of the molecule is COc1cc(C(=O)OCC(=O)c2cc(C)n(C3CC3)c2C)cc2c1OCCO2. The van der Waals surface area contributed by atoms with Gasteiger partial charge in [0, 0.05) is 23.0 Å². The smallest absolute Gasteiger partial charge is 0.338 e. The lowest BCUT2D eigenvalue weighted by Gasteiger charge is -2.21. The van der Waals surface area contributed by atoms with Crippen LogP contribution in [0.4, 0.5) is 0 Å². The highest BCUT2D eigenvalue weighted by Crippen LogP contribution is 2.41. The van der Waals surface area contributed by atoms with Gasteiger partial charge in [0.05, 0.1) is 12.7 Å². The third-order valence-electron chi connectivity index (χ3n) is 5.09. The summed E-state index contributed by atoms with van der Waals surface area (Å²) in [4.78, 5) is 25.1. The number of carbonyl (C=O) groups excluding carboxylic acids is 2. The Kier molecular flexibility index (Phi) is 4.75. The van der Waals surface area contributed by atoms with E-state index in [1.807, 2.05) is 19.9 Å². The summed E-state index contributed by atoms with van der Waals surface area (Å²) in [6.45, 7) is 4.43. The number of ether oxygens (including phenoxy) is 4. The number of esters is 1. The maximum atomic E-state index is 12.6. The van der Waals surface area contributed by atoms with Crippen LogP contribution in [0.1, 0.15) is 51.0 Å². The Morgan fingerprint density at radius 3 is 2.61 bits per heavy atom. The van der Waals surface area contributed by atoms with Crippen LogP contribution in [0.5, 0.6) is 17.2 Å². The molecule has 1 saturated carbocycles. The average Bonchev–Trinajstić information content (AvgIpc) is 3.49. The number of methoxy groups -OCH3 is 1. The Balaban J connectivity index is 1.47. The second-order valence-corrected chi connectivity index (χ2v) is 7.09. The second kappa shape index (κ2) is 7.22. The average molecular weight is 385 g/mol. The van der Waals surface area contributed by atoms with Crippen molar-refractivity contribution in [2.24, 2.45) is 0 Å². The minimum Gasteiger partial charge on any atom is -0.493 e. The number of ketones is 1. The zero-order valence-corrected chi connectivity index (χ0v) is 16.2. The molecule has 1 aromatic heterocycles. The summed E-state index contributed by atoms with van der Waals surface area (Å²) < 4.78 is 23.8. The molecule has 1 aromatic carbocycles. The van der Waals surface area contributed by atoms with E-state index in [4.69, 9.17) is 18.9 Å². The summed E-state index contributed by atoms with van der Waals surface area (Å²) in [7, 11) is 1.49. The van der Waals surface area contributed by atoms with Gasteiger partial charge in [0.1, 0.15) is 13.2 Å². The Morgan fingerprint density at radius 2 is 1.89 bits per heavy atom. The number of nitrogens with zero attached hydrogens (tertiary/aromatic N) is 1. The molecule has 0 unspecified atom stereocenters. The van der Waals surface area contributed by atoms with E-state index in [-0.39, 0.29) is 18.0 Å². The quantitative estimate of drug-likeness (QED) is 0.561. The molecule has 1 aliphatic carbocycles. The van der Waals surface area contributed by atoms with Crippen LogP contribution < -0.4 is 14.2 Å². The van der Waals surface area contributed by atoms with E-state index in [2.05, 4.69) is 4.57 Å². The predicted molar refractivity (Wildman–Crippen MR) is 101 cm³/mol. The maximum Gasteiger partial charge on any atom is 0.338 e. The van der Waals surface area contributed by atoms with E-state index in [0.717, 1.165) is 24.2 Å². The van der Waals surface area contributed by atoms with Crippen LogP contribution in [0.25, 0.3) is 0 Å². The monoisotopic (exact) mass is 385 g/mol. The van der Waals surface area contributed by atoms with E-state index in [1.54, 1.807) is 6.07 Å². The fourth-order valence-electron chi connectivity index (χ4n) is 3.64. The largest absolute Gasteiger partial charge is 0.493 e. The van der Waals surface area contributed by atoms with Crippen molar-refractivity contribution in [3.8, 4) is 17.2 Å². The molecule has 0 saturated heterocycles. The van der Waals surface area contributed by atoms with Crippen LogP contribution in [0, 0.1) is 13.8 Å². The van der Waals surface area contributed by atoms with Gasteiger partial charge in [0.15, 0.2) is 18.1 Å². The van der Waals surface area contributed by atoms with Crippen molar-refractivity contribution in [2.45, 2.75) is 32.7 Å². The first kappa shape index (κ1) is 18.4. The summed E-state index contributed by atoms with van der Waals surface area (Å²) in [5.74, 6) is 0.465. The topological polar surface area (TPSA) is 76.0 Å². The van der Waals surface area contributed by atoms with Crippen LogP contribution in [0.2, 0.25) is 0 Å². The number of rotatable bonds is 6. The first-order chi connectivity index (χ1) is 13.5. The van der Waals surface area contributed by atoms with Gasteiger partial charge in [-0.25, -0.2) is 4.79 Å². The number of benzene rings is 1. The fraction of sp³-hybridized carbons (Fsp3) is 0.429. The lowest BCUT2D eigenvalue weighted by Crippen LogP contribution is -2.18. The van der Waals surface area contributed by atoms with Crippen molar-refractivity contribution in [3.05, 3.63) is 40.7 Å². The van der Waals surface area contributed by atoms with E-state index < -0.39 is 5.97 Å². The second-order valence-electron chi connectivity index (χ2n) is 7.09. The van der Waals surface area contributed by atoms with Gasteiger partial charge in [0.2, 0.25) is 11.5 Å². The minimum atomic E-state index is -0.611. The zero-order chi connectivity index (χ0) is 19.8. The van der Waals surface area contributed by atoms with E-state index >= 15 is 0 Å². The highest BCUT2D eigenvalue weighted by atomic mass is 16.6. The Bertz CT molecular complexity index is 924. The van der Waals surface area contributed by atoms with Crippen molar-refractivity contribution in [1.29, 1.82) is 0 Å². The van der Waals surface area contributed by atoms with Crippen molar-refractivity contribution in [2.75, 3.05) is 26.9 Å². The van der Waals surface area contributed by atoms with Gasteiger partial charge < -0.3 is 23.5 Å². The Morgan fingerprint density at radius 1 is 1.14 bits per heavy atom. The van der Waals surface area contributed by atoms with Crippen LogP contribution in [-0.2, 0) is 4.74 Å². The molecule has 7 heteroatoms. The predicted octanol–water partition coefficient (Wildman–Crippen LogP) is 3.26. The molecule has 2 aromatic rings. The lowest BCUT2D eigenvalue weighted by atomic mass is 10.1. The summed E-state index contributed by atoms with van der Waals surface area (Å²) in [6.07, 6.45) is 2.29. The molecule has 4 rings (SSSR count). The van der Waals surface area contributed by atoms with Crippen LogP contribution in [-0.4, -0.2) is 43.3 Å². The van der Waals surface area contributed by atoms with Gasteiger partial charge in [-0.05, 0) is 44.9 Å². The van der Waals surface area contributed by atoms with E-state index in [1.165, 1.54) is 13.2 Å². The van der Waals surface area contributed by atoms with E-state index in [0.29, 0.717) is 42.1 Å². The highest BCUT2D eigenvalue weighted by molar-refractivity contribution is 6.00. The first-order valence-electron chi connectivity index (χ1n) is 9.36. The van der Waals surface area contributed by atoms with Gasteiger partial charge in [-0.15, -0.1) is 0 Å². The van der Waals surface area contributed by atoms with Gasteiger partial charge >= 0.3 is 5.97 Å². The summed E-state index contributed by atoms with van der Waals surface area (Å²) in [5, 5.41) is 0. The Labute approximate surface area is 163 Å². The van der Waals surface area contributed by atoms with Crippen molar-refractivity contribution in [1.82, 2.24) is 4.57 Å². The highest BCUT2D eigenvalue weighted by Gasteiger charge is 2.29. The van der Waals surface area contributed by atoms with E-state index in [9.17, 15) is 9.59 Å². The molecule has 2 aliphatic rings. The van der Waals surface area contributed by atoms with Gasteiger partial charge in [-0.1, -0.05) is 0 Å². The van der Waals surface area contributed by atoms with Crippen LogP contribution in [0.3, 0.4) is 0 Å². The van der Waals surface area contributed by atoms with Crippen molar-refractivity contribution >= 4 is 11.8 Å². The molecule has 0 N–H and O–H groups in total. The van der Waals surface area contributed by atoms with Crippen LogP contribution in [0.15, 0.2) is 18.2 Å². The van der Waals surface area contributed by atoms with Crippen molar-refractivity contribution < 1.29 is 28.5 Å². The number of fused-ring (bicyclic) bond motifs is 1. The summed E-state index contributed by atoms with van der Waals surface area (Å²) in [6, 6.07) is 5.44. The first-order valence-corrected chi connectivity index (χ1v) is 9.36. The Hall–Kier alpha value is -2.96. The van der Waals surface area contributed by atoms with Crippen molar-refractivity contribution in [3.63, 3.8) is 0 Å². The fourth-order valence-corrected chi connectivity index (χ4v) is 3.64. The molecule has 1 aliphatic heterocycles. The molecule has 1 fully saturated rings. The number of hydrogen-bond acceptors (Lipinski definition) is 6. The van der Waals surface area contributed by atoms with Gasteiger partial charge in [-0.3, -0.25) is 4.79 Å². The summed E-state index contributed by atoms with van der Waals surface area (Å²) in [5.41, 5.74) is 2.85. The number of hydrogen-bond donors (Lipinski definition) is 0. The maximum absolute atomic E-state index is 12.6. The lowest BCUT2D eigenvalue weighted by molar-refractivity contribution is 0.0473. The number of carbonyl (C=O) groups is 2. The molecule has 7 nitrogen and oxygen atoms in total. The number of aryl methyl sites for hydroxylation is 1. The van der Waals surface area contributed by atoms with Gasteiger partial charge in [-0.2, -0.15) is 0 Å². The molecule has 0 amide bonds. The molecule has 0 spiro atoms. The molecule has 2 heterocycles. The molecule has 148 valence electrons. The third-order valence-corrected chi connectivity index (χ3v) is 5.09. The van der Waals surface area contributed by atoms with Gasteiger partial charge in [0.25, 0.3) is 0 Å². The molecule has 0 bridgehead atoms. The number of aromatic nitrogens is 1. The minimum absolute atomic E-state index is 0.210. The molecular weight excluding hydrogens is 362 g/mol. The number of Topliss-reactive ketones (excluding diaryl/α,β-unsaturated/α-hetero) is 1. The summed E-state index contributed by atoms with van der Waals surface area (Å²) >= 11 is 0. The van der Waals surface area contributed by atoms with Crippen LogP contribution >= 0.6 is 0 Å². The third kappa shape index (κ3) is 3.32. The molecule has 28 heavy (non-hydrogen) atoms. The standard InChI is InChI=1S/C21H23NO6/c1-12-8-16(13(2)22(12)15-4-5-15)17(23)11-28-21(24)14-9-18(25-3)20-19(10-14)26-6-7-27-20/h8-10,15H,4-7,11H2,1-3H3. The normalized spacial score (nSPS) is 15.2. The molecular formula is C21H23NO6. The molecule has 0 radical (unpaired) electrons.